The SMILES string of the molecule is Cc1cc(C(=O)NCc2cc(C#N)ccc2OCc2ccccc2)ccc1C(=O)N1CCCC1.Cl. The third-order valence-corrected chi connectivity index (χ3v) is 5.98. The van der Waals surface area contributed by atoms with Crippen molar-refractivity contribution in [2.24, 2.45) is 0 Å². The minimum atomic E-state index is -0.250. The maximum atomic E-state index is 12.8. The molecule has 0 aliphatic carbocycles. The first kappa shape index (κ1) is 25.8. The quantitative estimate of drug-likeness (QED) is 0.504. The maximum Gasteiger partial charge on any atom is 0.254 e. The van der Waals surface area contributed by atoms with E-state index in [1.54, 1.807) is 36.4 Å². The van der Waals surface area contributed by atoms with Crippen LogP contribution in [0.5, 0.6) is 5.75 Å². The van der Waals surface area contributed by atoms with Gasteiger partial charge in [-0.15, -0.1) is 12.4 Å². The van der Waals surface area contributed by atoms with E-state index in [1.807, 2.05) is 42.2 Å². The number of carbonyl (C=O) groups is 2. The van der Waals surface area contributed by atoms with E-state index in [2.05, 4.69) is 11.4 Å². The molecule has 6 nitrogen and oxygen atoms in total. The van der Waals surface area contributed by atoms with Gasteiger partial charge in [-0.05, 0) is 67.3 Å². The molecule has 1 saturated heterocycles. The number of nitrogens with zero attached hydrogens (tertiary/aromatic N) is 2. The molecule has 0 radical (unpaired) electrons. The first-order chi connectivity index (χ1) is 16.5. The van der Waals surface area contributed by atoms with Crippen LogP contribution in [0.25, 0.3) is 0 Å². The number of aryl methyl sites for hydroxylation is 1. The summed E-state index contributed by atoms with van der Waals surface area (Å²) in [5.41, 5.74) is 4.15. The van der Waals surface area contributed by atoms with E-state index in [9.17, 15) is 14.9 Å². The normalized spacial score (nSPS) is 12.4. The Morgan fingerprint density at radius 1 is 1.03 bits per heavy atom. The molecular weight excluding hydrogens is 462 g/mol. The number of rotatable bonds is 7. The predicted molar refractivity (Wildman–Crippen MR) is 137 cm³/mol. The highest BCUT2D eigenvalue weighted by molar-refractivity contribution is 5.99. The molecule has 180 valence electrons. The van der Waals surface area contributed by atoms with Crippen LogP contribution in [0.3, 0.4) is 0 Å². The van der Waals surface area contributed by atoms with Crippen molar-refractivity contribution in [3.05, 3.63) is 100 Å². The molecule has 2 amide bonds. The first-order valence-electron chi connectivity index (χ1n) is 11.4. The number of nitriles is 1. The van der Waals surface area contributed by atoms with Crippen LogP contribution in [0.2, 0.25) is 0 Å². The summed E-state index contributed by atoms with van der Waals surface area (Å²) in [7, 11) is 0. The van der Waals surface area contributed by atoms with Crippen molar-refractivity contribution in [1.29, 1.82) is 5.26 Å². The van der Waals surface area contributed by atoms with Crippen molar-refractivity contribution in [2.75, 3.05) is 13.1 Å². The van der Waals surface area contributed by atoms with E-state index in [-0.39, 0.29) is 30.8 Å². The van der Waals surface area contributed by atoms with Crippen LogP contribution in [0, 0.1) is 18.3 Å². The molecule has 0 spiro atoms. The fourth-order valence-corrected chi connectivity index (χ4v) is 4.08. The van der Waals surface area contributed by atoms with E-state index in [1.165, 1.54) is 0 Å². The molecule has 1 fully saturated rings. The summed E-state index contributed by atoms with van der Waals surface area (Å²) in [4.78, 5) is 27.4. The van der Waals surface area contributed by atoms with Crippen LogP contribution in [0.1, 0.15) is 55.8 Å². The molecule has 1 heterocycles. The predicted octanol–water partition coefficient (Wildman–Crippen LogP) is 5.03. The lowest BCUT2D eigenvalue weighted by Gasteiger charge is -2.17. The fraction of sp³-hybridized carbons (Fsp3) is 0.250. The Balaban J connectivity index is 0.00000342. The minimum Gasteiger partial charge on any atom is -0.489 e. The van der Waals surface area contributed by atoms with Crippen molar-refractivity contribution in [3.8, 4) is 11.8 Å². The molecule has 3 aromatic carbocycles. The van der Waals surface area contributed by atoms with Crippen molar-refractivity contribution < 1.29 is 14.3 Å². The summed E-state index contributed by atoms with van der Waals surface area (Å²) in [5, 5.41) is 12.2. The minimum absolute atomic E-state index is 0. The Morgan fingerprint density at radius 3 is 2.46 bits per heavy atom. The zero-order chi connectivity index (χ0) is 23.9. The molecule has 0 atom stereocenters. The third kappa shape index (κ3) is 6.40. The number of amides is 2. The molecule has 3 aromatic rings. The van der Waals surface area contributed by atoms with Gasteiger partial charge in [0.05, 0.1) is 11.6 Å². The number of carbonyl (C=O) groups excluding carboxylic acids is 2. The summed E-state index contributed by atoms with van der Waals surface area (Å²) >= 11 is 0. The molecule has 1 N–H and O–H groups in total. The number of likely N-dealkylation sites (tertiary alicyclic amines) is 1. The molecule has 35 heavy (non-hydrogen) atoms. The van der Waals surface area contributed by atoms with Crippen LogP contribution in [0.4, 0.5) is 0 Å². The Bertz CT molecular complexity index is 1230. The Kier molecular flexibility index (Phi) is 8.88. The number of hydrogen-bond donors (Lipinski definition) is 1. The molecule has 0 unspecified atom stereocenters. The Hall–Kier alpha value is -3.82. The molecule has 1 aliphatic rings. The maximum absolute atomic E-state index is 12.8. The lowest BCUT2D eigenvalue weighted by molar-refractivity contribution is 0.0791. The van der Waals surface area contributed by atoms with E-state index < -0.39 is 0 Å². The van der Waals surface area contributed by atoms with Crippen LogP contribution in [-0.2, 0) is 13.2 Å². The van der Waals surface area contributed by atoms with E-state index in [0.29, 0.717) is 29.0 Å². The van der Waals surface area contributed by atoms with Gasteiger partial charge in [0.2, 0.25) is 0 Å². The molecule has 4 rings (SSSR count). The van der Waals surface area contributed by atoms with Gasteiger partial charge < -0.3 is 15.0 Å². The van der Waals surface area contributed by atoms with Gasteiger partial charge in [0.25, 0.3) is 11.8 Å². The molecule has 7 heteroatoms. The smallest absolute Gasteiger partial charge is 0.254 e. The fourth-order valence-electron chi connectivity index (χ4n) is 4.08. The van der Waals surface area contributed by atoms with Gasteiger partial charge in [0.1, 0.15) is 12.4 Å². The number of benzene rings is 3. The molecule has 0 bridgehead atoms. The first-order valence-corrected chi connectivity index (χ1v) is 11.4. The third-order valence-electron chi connectivity index (χ3n) is 5.98. The molecule has 1 aliphatic heterocycles. The highest BCUT2D eigenvalue weighted by atomic mass is 35.5. The lowest BCUT2D eigenvalue weighted by atomic mass is 10.0. The largest absolute Gasteiger partial charge is 0.489 e. The Morgan fingerprint density at radius 2 is 1.77 bits per heavy atom. The monoisotopic (exact) mass is 489 g/mol. The van der Waals surface area contributed by atoms with Crippen LogP contribution >= 0.6 is 12.4 Å². The highest BCUT2D eigenvalue weighted by Gasteiger charge is 2.21. The molecule has 0 aromatic heterocycles. The number of halogens is 1. The summed E-state index contributed by atoms with van der Waals surface area (Å²) in [6.07, 6.45) is 2.07. The van der Waals surface area contributed by atoms with E-state index in [0.717, 1.165) is 42.6 Å². The zero-order valence-corrected chi connectivity index (χ0v) is 20.4. The summed E-state index contributed by atoms with van der Waals surface area (Å²) in [5.74, 6) is 0.390. The van der Waals surface area contributed by atoms with E-state index in [4.69, 9.17) is 4.74 Å². The second-order valence-electron chi connectivity index (χ2n) is 8.42. The average Bonchev–Trinajstić information content (AvgIpc) is 3.41. The average molecular weight is 490 g/mol. The van der Waals surface area contributed by atoms with Crippen LogP contribution in [0.15, 0.2) is 66.7 Å². The van der Waals surface area contributed by atoms with E-state index >= 15 is 0 Å². The lowest BCUT2D eigenvalue weighted by Crippen LogP contribution is -2.28. The summed E-state index contributed by atoms with van der Waals surface area (Å²) in [6, 6.07) is 22.3. The second kappa shape index (κ2) is 12.0. The Labute approximate surface area is 211 Å². The van der Waals surface area contributed by atoms with Gasteiger partial charge in [-0.1, -0.05) is 30.3 Å². The summed E-state index contributed by atoms with van der Waals surface area (Å²) in [6.45, 7) is 4.03. The second-order valence-corrected chi connectivity index (χ2v) is 8.42. The number of ether oxygens (including phenoxy) is 1. The van der Waals surface area contributed by atoms with Gasteiger partial charge in [0.15, 0.2) is 0 Å². The summed E-state index contributed by atoms with van der Waals surface area (Å²) < 4.78 is 5.97. The molecular formula is C28H28ClN3O3. The highest BCUT2D eigenvalue weighted by Crippen LogP contribution is 2.22. The van der Waals surface area contributed by atoms with Crippen molar-refractivity contribution >= 4 is 24.2 Å². The van der Waals surface area contributed by atoms with Gasteiger partial charge in [-0.3, -0.25) is 9.59 Å². The van der Waals surface area contributed by atoms with Gasteiger partial charge in [0, 0.05) is 36.3 Å². The van der Waals surface area contributed by atoms with Crippen molar-refractivity contribution in [2.45, 2.75) is 32.9 Å². The zero-order valence-electron chi connectivity index (χ0n) is 19.6. The van der Waals surface area contributed by atoms with Crippen LogP contribution in [-0.4, -0.2) is 29.8 Å². The van der Waals surface area contributed by atoms with Gasteiger partial charge >= 0.3 is 0 Å². The van der Waals surface area contributed by atoms with Crippen LogP contribution < -0.4 is 10.1 Å². The van der Waals surface area contributed by atoms with Crippen molar-refractivity contribution in [1.82, 2.24) is 10.2 Å². The van der Waals surface area contributed by atoms with Crippen molar-refractivity contribution in [3.63, 3.8) is 0 Å². The van der Waals surface area contributed by atoms with Gasteiger partial charge in [-0.2, -0.15) is 5.26 Å². The molecule has 0 saturated carbocycles. The number of hydrogen-bond acceptors (Lipinski definition) is 4. The number of nitrogens with one attached hydrogen (secondary N) is 1. The van der Waals surface area contributed by atoms with Gasteiger partial charge in [-0.25, -0.2) is 0 Å². The standard InChI is InChI=1S/C28H27N3O3.ClH/c1-20-15-23(10-11-25(20)28(33)31-13-5-6-14-31)27(32)30-18-24-16-22(17-29)9-12-26(24)34-19-21-7-3-2-4-8-21;/h2-4,7-12,15-16H,5-6,13-14,18-19H2,1H3,(H,30,32);1H. The topological polar surface area (TPSA) is 82.4 Å².